The van der Waals surface area contributed by atoms with E-state index < -0.39 is 0 Å². The molecule has 0 aromatic heterocycles. The Labute approximate surface area is 284 Å². The average molecular weight is 623 g/mol. The quantitative estimate of drug-likeness (QED) is 0.275. The van der Waals surface area contributed by atoms with Crippen molar-refractivity contribution in [2.45, 2.75) is 129 Å². The predicted octanol–water partition coefficient (Wildman–Crippen LogP) is 13.4. The van der Waals surface area contributed by atoms with Crippen LogP contribution in [0.5, 0.6) is 0 Å². The van der Waals surface area contributed by atoms with Crippen molar-refractivity contribution in [2.24, 2.45) is 0 Å². The van der Waals surface area contributed by atoms with E-state index in [2.05, 4.69) is 153 Å². The lowest BCUT2D eigenvalue weighted by molar-refractivity contribution is 0.335. The molecule has 0 saturated carbocycles. The van der Waals surface area contributed by atoms with Gasteiger partial charge in [-0.3, -0.25) is 0 Å². The van der Waals surface area contributed by atoms with Crippen molar-refractivity contribution in [1.29, 1.82) is 0 Å². The molecule has 2 nitrogen and oxygen atoms in total. The number of rotatable bonds is 6. The Bertz CT molecular complexity index is 1000. The summed E-state index contributed by atoms with van der Waals surface area (Å²) in [4.78, 5) is 2.36. The van der Waals surface area contributed by atoms with E-state index in [-0.39, 0.29) is 0 Å². The number of hydrogen-bond acceptors (Lipinski definition) is 2. The molecule has 45 heavy (non-hydrogen) atoms. The summed E-state index contributed by atoms with van der Waals surface area (Å²) in [6.45, 7) is 40.9. The van der Waals surface area contributed by atoms with E-state index in [1.54, 1.807) is 0 Å². The minimum absolute atomic E-state index is 0.458. The van der Waals surface area contributed by atoms with Gasteiger partial charge in [-0.15, -0.1) is 6.58 Å². The van der Waals surface area contributed by atoms with Gasteiger partial charge in [0.05, 0.1) is 0 Å². The van der Waals surface area contributed by atoms with Crippen molar-refractivity contribution in [3.63, 3.8) is 0 Å². The molecule has 0 aliphatic carbocycles. The van der Waals surface area contributed by atoms with Crippen LogP contribution in [0, 0.1) is 20.8 Å². The van der Waals surface area contributed by atoms with Crippen LogP contribution >= 0.6 is 0 Å². The molecule has 0 aliphatic rings. The fourth-order valence-corrected chi connectivity index (χ4v) is 3.32. The van der Waals surface area contributed by atoms with Gasteiger partial charge in [-0.2, -0.15) is 0 Å². The number of nitrogens with zero attached hydrogens (tertiary/aromatic N) is 1. The zero-order chi connectivity index (χ0) is 36.2. The Morgan fingerprint density at radius 3 is 1.38 bits per heavy atom. The van der Waals surface area contributed by atoms with Gasteiger partial charge >= 0.3 is 0 Å². The number of nitrogens with one attached hydrogen (secondary N) is 1. The molecular formula is C43H78N2. The highest BCUT2D eigenvalue weighted by Crippen LogP contribution is 2.16. The monoisotopic (exact) mass is 623 g/mol. The standard InChI is InChI=1S/C11H10.C8H10.C7H17N.C6H13N.C4H8.C3H8.2C2H6/c1-9-5-4-7-10-6-2-3-8-11(9)10;1-7-4-3-5-8(2)6-7;1-4-6-8(3)7-5-2;1-5(2)6(3)7-4;1-4(2)3;1-3-2;2*1-2/h2-8H,1H3;3-6H,1-2H3;4-7H2,1-3H3;6-7H,1H2,2-4H3;1H2,2-3H3;3H2,1-2H3;2*1-2H3/t;;;6-;;;;/m...1..../s1. The molecule has 0 heterocycles. The first-order chi connectivity index (χ1) is 21.3. The van der Waals surface area contributed by atoms with Crippen LogP contribution in [0.15, 0.2) is 91.0 Å². The van der Waals surface area contributed by atoms with Crippen molar-refractivity contribution in [3.8, 4) is 0 Å². The summed E-state index contributed by atoms with van der Waals surface area (Å²) in [7, 11) is 4.10. The Morgan fingerprint density at radius 2 is 1.09 bits per heavy atom. The van der Waals surface area contributed by atoms with Crippen molar-refractivity contribution in [1.82, 2.24) is 10.2 Å². The number of fused-ring (bicyclic) bond motifs is 1. The minimum atomic E-state index is 0.458. The summed E-state index contributed by atoms with van der Waals surface area (Å²) in [6.07, 6.45) is 3.80. The third kappa shape index (κ3) is 39.3. The van der Waals surface area contributed by atoms with Gasteiger partial charge in [0.25, 0.3) is 0 Å². The molecule has 0 spiro atoms. The van der Waals surface area contributed by atoms with Crippen molar-refractivity contribution in [3.05, 3.63) is 108 Å². The van der Waals surface area contributed by atoms with Crippen LogP contribution in [0.2, 0.25) is 0 Å². The fourth-order valence-electron chi connectivity index (χ4n) is 3.32. The first kappa shape index (κ1) is 51.9. The molecule has 1 N–H and O–H groups in total. The van der Waals surface area contributed by atoms with Crippen LogP contribution in [0.1, 0.15) is 119 Å². The largest absolute Gasteiger partial charge is 0.314 e. The van der Waals surface area contributed by atoms with Crippen LogP contribution < -0.4 is 5.32 Å². The second-order valence-corrected chi connectivity index (χ2v) is 11.0. The third-order valence-electron chi connectivity index (χ3n) is 5.56. The van der Waals surface area contributed by atoms with Crippen molar-refractivity contribution >= 4 is 10.8 Å². The molecule has 1 atom stereocenters. The normalized spacial score (nSPS) is 9.38. The van der Waals surface area contributed by atoms with Crippen molar-refractivity contribution in [2.75, 3.05) is 27.2 Å². The number of likely N-dealkylation sites (N-methyl/N-ethyl adjacent to an activating group) is 1. The molecule has 3 aromatic carbocycles. The molecule has 0 fully saturated rings. The van der Waals surface area contributed by atoms with Gasteiger partial charge < -0.3 is 10.2 Å². The maximum Gasteiger partial charge on any atom is 0.0242 e. The highest BCUT2D eigenvalue weighted by molar-refractivity contribution is 5.85. The van der Waals surface area contributed by atoms with E-state index >= 15 is 0 Å². The first-order valence-corrected chi connectivity index (χ1v) is 17.4. The SMILES string of the molecule is C=C(C)C.C=C(C)[C@@H](C)NC.CC.CC.CCC.CCCN(C)CCC.Cc1cccc(C)c1.Cc1cccc2ccccc12. The smallest absolute Gasteiger partial charge is 0.0242 e. The summed E-state index contributed by atoms with van der Waals surface area (Å²) in [6, 6.07) is 23.7. The minimum Gasteiger partial charge on any atom is -0.314 e. The summed E-state index contributed by atoms with van der Waals surface area (Å²) in [5, 5.41) is 5.75. The molecule has 2 heteroatoms. The second kappa shape index (κ2) is 39.3. The lowest BCUT2D eigenvalue weighted by atomic mass is 10.1. The number of allylic oxidation sites excluding steroid dienone is 1. The van der Waals surface area contributed by atoms with Gasteiger partial charge in [0, 0.05) is 6.04 Å². The molecule has 0 unspecified atom stereocenters. The zero-order valence-electron chi connectivity index (χ0n) is 33.3. The molecule has 3 aromatic rings. The molecular weight excluding hydrogens is 544 g/mol. The lowest BCUT2D eigenvalue weighted by Gasteiger charge is -2.12. The topological polar surface area (TPSA) is 15.3 Å². The van der Waals surface area contributed by atoms with Crippen LogP contribution in [0.4, 0.5) is 0 Å². The van der Waals surface area contributed by atoms with Gasteiger partial charge in [0.2, 0.25) is 0 Å². The fraction of sp³-hybridized carbons (Fsp3) is 0.535. The molecule has 0 bridgehead atoms. The van der Waals surface area contributed by atoms with Gasteiger partial charge in [-0.1, -0.05) is 157 Å². The molecule has 0 saturated heterocycles. The predicted molar refractivity (Wildman–Crippen MR) is 215 cm³/mol. The van der Waals surface area contributed by atoms with E-state index in [1.807, 2.05) is 55.5 Å². The Balaban J connectivity index is -0.000000144. The lowest BCUT2D eigenvalue weighted by Crippen LogP contribution is -2.21. The highest BCUT2D eigenvalue weighted by Gasteiger charge is 1.93. The summed E-state index contributed by atoms with van der Waals surface area (Å²) in [5.41, 5.74) is 6.38. The number of aryl methyl sites for hydroxylation is 3. The van der Waals surface area contributed by atoms with E-state index in [9.17, 15) is 0 Å². The first-order valence-electron chi connectivity index (χ1n) is 17.4. The van der Waals surface area contributed by atoms with Crippen molar-refractivity contribution < 1.29 is 0 Å². The number of hydrogen-bond donors (Lipinski definition) is 1. The molecule has 260 valence electrons. The molecule has 0 amide bonds. The summed E-state index contributed by atoms with van der Waals surface area (Å²) in [5.74, 6) is 0. The van der Waals surface area contributed by atoms with E-state index in [1.165, 1.54) is 71.0 Å². The zero-order valence-corrected chi connectivity index (χ0v) is 33.3. The van der Waals surface area contributed by atoms with Gasteiger partial charge in [-0.25, -0.2) is 0 Å². The van der Waals surface area contributed by atoms with E-state index in [0.29, 0.717) is 6.04 Å². The average Bonchev–Trinajstić information content (AvgIpc) is 3.00. The molecule has 0 aliphatic heterocycles. The highest BCUT2D eigenvalue weighted by atomic mass is 15.1. The Kier molecular flexibility index (Phi) is 45.4. The summed E-state index contributed by atoms with van der Waals surface area (Å²) >= 11 is 0. The maximum absolute atomic E-state index is 3.76. The van der Waals surface area contributed by atoms with E-state index in [0.717, 1.165) is 0 Å². The maximum atomic E-state index is 3.76. The van der Waals surface area contributed by atoms with Crippen LogP contribution in [0.3, 0.4) is 0 Å². The Morgan fingerprint density at radius 1 is 0.711 bits per heavy atom. The second-order valence-electron chi connectivity index (χ2n) is 11.0. The van der Waals surface area contributed by atoms with Crippen LogP contribution in [0.25, 0.3) is 10.8 Å². The van der Waals surface area contributed by atoms with Gasteiger partial charge in [0.15, 0.2) is 0 Å². The molecule has 0 radical (unpaired) electrons. The van der Waals surface area contributed by atoms with Gasteiger partial charge in [0.1, 0.15) is 0 Å². The van der Waals surface area contributed by atoms with Gasteiger partial charge in [-0.05, 0) is 105 Å². The molecule has 3 rings (SSSR count). The Hall–Kier alpha value is -2.68. The van der Waals surface area contributed by atoms with Crippen LogP contribution in [-0.4, -0.2) is 38.1 Å². The summed E-state index contributed by atoms with van der Waals surface area (Å²) < 4.78 is 0. The van der Waals surface area contributed by atoms with Crippen LogP contribution in [-0.2, 0) is 0 Å². The number of benzene rings is 3. The third-order valence-corrected chi connectivity index (χ3v) is 5.56. The van der Waals surface area contributed by atoms with E-state index in [4.69, 9.17) is 0 Å².